The molecule has 0 aliphatic rings. The van der Waals surface area contributed by atoms with Crippen molar-refractivity contribution in [1.29, 1.82) is 0 Å². The van der Waals surface area contributed by atoms with Gasteiger partial charge in [0.25, 0.3) is 0 Å². The van der Waals surface area contributed by atoms with E-state index in [9.17, 15) is 18.0 Å². The lowest BCUT2D eigenvalue weighted by Gasteiger charge is -2.21. The zero-order chi connectivity index (χ0) is 31.4. The van der Waals surface area contributed by atoms with Gasteiger partial charge in [-0.2, -0.15) is 4.99 Å². The molecule has 2 heterocycles. The molecule has 2 unspecified atom stereocenters. The van der Waals surface area contributed by atoms with Crippen molar-refractivity contribution < 1.29 is 22.7 Å². The Hall–Kier alpha value is -4.71. The second-order valence-corrected chi connectivity index (χ2v) is 11.1. The van der Waals surface area contributed by atoms with Crippen LogP contribution >= 0.6 is 11.3 Å². The number of para-hydroxylation sites is 1. The van der Waals surface area contributed by atoms with Crippen LogP contribution in [0.1, 0.15) is 43.5 Å². The van der Waals surface area contributed by atoms with E-state index in [1.54, 1.807) is 0 Å². The average molecular weight is 621 g/mol. The van der Waals surface area contributed by atoms with E-state index in [0.717, 1.165) is 28.9 Å². The monoisotopic (exact) mass is 620 g/mol. The van der Waals surface area contributed by atoms with Gasteiger partial charge in [0, 0.05) is 28.6 Å². The third-order valence-electron chi connectivity index (χ3n) is 7.31. The molecule has 2 atom stereocenters. The second kappa shape index (κ2) is 12.9. The number of rotatable bonds is 8. The number of ether oxygens (including phenoxy) is 1. The minimum absolute atomic E-state index is 0.0100. The Morgan fingerprint density at radius 3 is 2.43 bits per heavy atom. The summed E-state index contributed by atoms with van der Waals surface area (Å²) < 4.78 is 44.7. The molecule has 228 valence electrons. The third kappa shape index (κ3) is 7.08. The van der Waals surface area contributed by atoms with Crippen LogP contribution < -0.4 is 14.9 Å². The highest BCUT2D eigenvalue weighted by Crippen LogP contribution is 2.25. The number of benzene rings is 3. The summed E-state index contributed by atoms with van der Waals surface area (Å²) in [6.45, 7) is 8.08. The maximum atomic E-state index is 13.0. The molecule has 12 heteroatoms. The number of hydrogen-bond acceptors (Lipinski definition) is 5. The topological polar surface area (TPSA) is 86.3 Å². The quantitative estimate of drug-likeness (QED) is 0.196. The Kier molecular flexibility index (Phi) is 9.00. The van der Waals surface area contributed by atoms with Gasteiger partial charge < -0.3 is 10.1 Å². The molecule has 5 aromatic rings. The molecule has 2 amide bonds. The third-order valence-corrected chi connectivity index (χ3v) is 8.26. The molecule has 0 saturated heterocycles. The molecule has 0 bridgehead atoms. The van der Waals surface area contributed by atoms with Crippen LogP contribution in [0.15, 0.2) is 89.5 Å². The fourth-order valence-corrected chi connectivity index (χ4v) is 5.64. The predicted octanol–water partition coefficient (Wildman–Crippen LogP) is 7.36. The van der Waals surface area contributed by atoms with Crippen LogP contribution in [0.2, 0.25) is 0 Å². The summed E-state index contributed by atoms with van der Waals surface area (Å²) in [5.74, 6) is 0.140. The van der Waals surface area contributed by atoms with Gasteiger partial charge in [0.15, 0.2) is 10.6 Å². The molecule has 0 radical (unpaired) electrons. The molecule has 0 aliphatic heterocycles. The maximum Gasteiger partial charge on any atom is 0.573 e. The van der Waals surface area contributed by atoms with E-state index in [-0.39, 0.29) is 17.7 Å². The molecule has 0 saturated carbocycles. The number of carbonyl (C=O) groups excluding carboxylic acids is 1. The number of hydrogen-bond donors (Lipinski definition) is 1. The summed E-state index contributed by atoms with van der Waals surface area (Å²) in [7, 11) is 0. The number of nitrogens with zero attached hydrogens (tertiary/aromatic N) is 5. The first-order valence-corrected chi connectivity index (χ1v) is 14.9. The lowest BCUT2D eigenvalue weighted by molar-refractivity contribution is -0.274. The lowest BCUT2D eigenvalue weighted by atomic mass is 9.93. The summed E-state index contributed by atoms with van der Waals surface area (Å²) in [5.41, 5.74) is 5.54. The van der Waals surface area contributed by atoms with Crippen molar-refractivity contribution >= 4 is 17.4 Å². The van der Waals surface area contributed by atoms with E-state index in [1.165, 1.54) is 52.2 Å². The van der Waals surface area contributed by atoms with Gasteiger partial charge in [-0.05, 0) is 61.7 Å². The predicted molar refractivity (Wildman–Crippen MR) is 163 cm³/mol. The molecule has 0 aliphatic carbocycles. The van der Waals surface area contributed by atoms with Crippen LogP contribution in [0.25, 0.3) is 22.8 Å². The summed E-state index contributed by atoms with van der Waals surface area (Å²) >= 11 is 1.43. The normalized spacial score (nSPS) is 13.5. The largest absolute Gasteiger partial charge is 0.573 e. The van der Waals surface area contributed by atoms with E-state index in [0.29, 0.717) is 16.3 Å². The van der Waals surface area contributed by atoms with Crippen LogP contribution in [-0.4, -0.2) is 37.8 Å². The van der Waals surface area contributed by atoms with Crippen molar-refractivity contribution in [2.24, 2.45) is 4.99 Å². The maximum absolute atomic E-state index is 13.0. The van der Waals surface area contributed by atoms with Crippen LogP contribution in [0.3, 0.4) is 0 Å². The zero-order valence-corrected chi connectivity index (χ0v) is 25.4. The standard InChI is InChI=1S/C32H31F3N6O2S/c1-5-23-8-6-7-9-28(23)41-20(2)18-44-31(41)38-30(42)37-22(4)21(3)24-10-12-25(13-11-24)29-36-19-40(39-29)26-14-16-27(17-15-26)43-32(33,34)35/h6-19,21-22H,5H2,1-4H3,(H,37,42)/b38-31-. The molecular weight excluding hydrogens is 589 g/mol. The number of halogens is 3. The van der Waals surface area contributed by atoms with Crippen molar-refractivity contribution in [1.82, 2.24) is 24.6 Å². The Balaban J connectivity index is 1.25. The number of aromatic nitrogens is 4. The molecule has 1 N–H and O–H groups in total. The second-order valence-electron chi connectivity index (χ2n) is 10.3. The van der Waals surface area contributed by atoms with Crippen LogP contribution in [0.5, 0.6) is 5.75 Å². The molecule has 2 aromatic heterocycles. The highest BCUT2D eigenvalue weighted by atomic mass is 32.1. The Morgan fingerprint density at radius 1 is 1.05 bits per heavy atom. The minimum Gasteiger partial charge on any atom is -0.406 e. The number of carbonyl (C=O) groups is 1. The van der Waals surface area contributed by atoms with Crippen LogP contribution in [0, 0.1) is 6.92 Å². The number of urea groups is 1. The van der Waals surface area contributed by atoms with Crippen molar-refractivity contribution in [3.05, 3.63) is 106 Å². The molecule has 0 fully saturated rings. The van der Waals surface area contributed by atoms with Crippen molar-refractivity contribution in [2.45, 2.75) is 52.4 Å². The van der Waals surface area contributed by atoms with E-state index < -0.39 is 12.4 Å². The van der Waals surface area contributed by atoms with Gasteiger partial charge in [0.1, 0.15) is 12.1 Å². The Labute approximate surface area is 256 Å². The first-order chi connectivity index (χ1) is 21.0. The number of aryl methyl sites for hydroxylation is 2. The van der Waals surface area contributed by atoms with E-state index in [1.807, 2.05) is 73.2 Å². The number of amides is 2. The van der Waals surface area contributed by atoms with Gasteiger partial charge in [-0.25, -0.2) is 14.5 Å². The molecule has 3 aromatic carbocycles. The highest BCUT2D eigenvalue weighted by Gasteiger charge is 2.31. The summed E-state index contributed by atoms with van der Waals surface area (Å²) in [6.07, 6.45) is -2.39. The van der Waals surface area contributed by atoms with E-state index in [2.05, 4.69) is 38.1 Å². The Morgan fingerprint density at radius 2 is 1.75 bits per heavy atom. The molecule has 8 nitrogen and oxygen atoms in total. The van der Waals surface area contributed by atoms with E-state index >= 15 is 0 Å². The van der Waals surface area contributed by atoms with Crippen LogP contribution in [-0.2, 0) is 6.42 Å². The summed E-state index contributed by atoms with van der Waals surface area (Å²) in [5, 5.41) is 9.47. The fraction of sp³-hybridized carbons (Fsp3) is 0.250. The van der Waals surface area contributed by atoms with Crippen molar-refractivity contribution in [3.8, 4) is 28.5 Å². The van der Waals surface area contributed by atoms with Gasteiger partial charge in [0.2, 0.25) is 0 Å². The number of thiazole rings is 1. The van der Waals surface area contributed by atoms with Crippen LogP contribution in [0.4, 0.5) is 18.0 Å². The van der Waals surface area contributed by atoms with Gasteiger partial charge in [-0.3, -0.25) is 4.57 Å². The first-order valence-electron chi connectivity index (χ1n) is 14.0. The number of alkyl halides is 3. The smallest absolute Gasteiger partial charge is 0.406 e. The van der Waals surface area contributed by atoms with Gasteiger partial charge in [-0.15, -0.1) is 29.6 Å². The molecule has 5 rings (SSSR count). The van der Waals surface area contributed by atoms with Gasteiger partial charge >= 0.3 is 12.4 Å². The first kappa shape index (κ1) is 30.7. The molecular formula is C32H31F3N6O2S. The summed E-state index contributed by atoms with van der Waals surface area (Å²) in [6, 6.07) is 20.6. The van der Waals surface area contributed by atoms with E-state index in [4.69, 9.17) is 0 Å². The minimum atomic E-state index is -4.75. The lowest BCUT2D eigenvalue weighted by Crippen LogP contribution is -2.35. The average Bonchev–Trinajstić information content (AvgIpc) is 3.63. The number of nitrogens with one attached hydrogen (secondary N) is 1. The van der Waals surface area contributed by atoms with Gasteiger partial charge in [0.05, 0.1) is 11.4 Å². The molecule has 44 heavy (non-hydrogen) atoms. The highest BCUT2D eigenvalue weighted by molar-refractivity contribution is 7.07. The fourth-order valence-electron chi connectivity index (χ4n) is 4.78. The van der Waals surface area contributed by atoms with Gasteiger partial charge in [-0.1, -0.05) is 56.3 Å². The van der Waals surface area contributed by atoms with Crippen molar-refractivity contribution in [2.75, 3.05) is 0 Å². The molecule has 0 spiro atoms. The Bertz CT molecular complexity index is 1810. The zero-order valence-electron chi connectivity index (χ0n) is 24.5. The summed E-state index contributed by atoms with van der Waals surface area (Å²) in [4.78, 5) is 22.3. The van der Waals surface area contributed by atoms with Crippen molar-refractivity contribution in [3.63, 3.8) is 0 Å². The SMILES string of the molecule is CCc1ccccc1-n1c(C)cs/c1=N\C(=O)NC(C)C(C)c1ccc(-c2ncn(-c3ccc(OC(F)(F)F)cc3)n2)cc1.